The molecule has 0 aliphatic carbocycles. The van der Waals surface area contributed by atoms with E-state index < -0.39 is 200 Å². The Hall–Kier alpha value is -0.970. The summed E-state index contributed by atoms with van der Waals surface area (Å²) in [6.07, 6.45) is -7.34. The lowest BCUT2D eigenvalue weighted by Gasteiger charge is -2.42. The molecule has 3 rings (SSSR count). The fourth-order valence-corrected chi connectivity index (χ4v) is 14.2. The summed E-state index contributed by atoms with van der Waals surface area (Å²) in [6, 6.07) is -1.11. The molecular formula is C69H135NO39P4-4. The number of aliphatic hydroxyl groups is 10. The maximum Gasteiger partial charge on any atom is 0.267 e. The number of carbonyl (C=O) groups is 1. The molecule has 20 atom stereocenters. The van der Waals surface area contributed by atoms with E-state index in [1.165, 1.54) is 6.92 Å². The van der Waals surface area contributed by atoms with Gasteiger partial charge in [-0.1, -0.05) is 73.1 Å². The number of amides is 1. The third-order valence-corrected chi connectivity index (χ3v) is 21.4. The lowest BCUT2D eigenvalue weighted by atomic mass is 9.92. The maximum atomic E-state index is 13.4. The molecule has 3 aliphatic heterocycles. The van der Waals surface area contributed by atoms with Crippen LogP contribution in [0.25, 0.3) is 0 Å². The smallest absolute Gasteiger partial charge is 0.267 e. The Bertz CT molecular complexity index is 2480. The molecule has 3 fully saturated rings. The number of unbranched alkanes of at least 4 members (excludes halogenated alkanes) is 9. The Balaban J connectivity index is 0.0000106. The molecule has 11 unspecified atom stereocenters. The van der Waals surface area contributed by atoms with Crippen molar-refractivity contribution in [3.05, 3.63) is 0 Å². The molecule has 11 N–H and O–H groups in total. The van der Waals surface area contributed by atoms with Gasteiger partial charge in [0.25, 0.3) is 31.3 Å². The Labute approximate surface area is 665 Å². The number of hydrogen-bond donors (Lipinski definition) is 11. The van der Waals surface area contributed by atoms with E-state index in [1.54, 1.807) is 21.0 Å². The van der Waals surface area contributed by atoms with E-state index in [0.29, 0.717) is 90.3 Å². The van der Waals surface area contributed by atoms with E-state index in [4.69, 9.17) is 93.0 Å². The molecule has 0 aromatic rings. The minimum absolute atomic E-state index is 0.0367. The van der Waals surface area contributed by atoms with Crippen molar-refractivity contribution in [1.29, 1.82) is 0 Å². The van der Waals surface area contributed by atoms with Gasteiger partial charge in [0.1, 0.15) is 48.8 Å². The second kappa shape index (κ2) is 62.2. The van der Waals surface area contributed by atoms with Gasteiger partial charge >= 0.3 is 0 Å². The predicted octanol–water partition coefficient (Wildman–Crippen LogP) is 0.755. The van der Waals surface area contributed by atoms with Gasteiger partial charge in [0.05, 0.1) is 130 Å². The van der Waals surface area contributed by atoms with Crippen LogP contribution in [0.4, 0.5) is 0 Å². The molecule has 0 aromatic heterocycles. The summed E-state index contributed by atoms with van der Waals surface area (Å²) in [7, 11) is -18.0. The number of phosphoric acid groups is 4. The molecule has 3 heterocycles. The molecule has 3 aliphatic rings. The second-order valence-corrected chi connectivity index (χ2v) is 34.3. The van der Waals surface area contributed by atoms with Crippen molar-refractivity contribution >= 4 is 37.2 Å². The highest BCUT2D eigenvalue weighted by Crippen LogP contribution is 2.43. The average Bonchev–Trinajstić information content (AvgIpc) is 0.812. The molecule has 40 nitrogen and oxygen atoms in total. The van der Waals surface area contributed by atoms with Crippen LogP contribution < -0.4 is 24.9 Å². The zero-order valence-electron chi connectivity index (χ0n) is 66.8. The van der Waals surface area contributed by atoms with Crippen LogP contribution in [0.1, 0.15) is 151 Å². The van der Waals surface area contributed by atoms with Gasteiger partial charge in [0.2, 0.25) is 5.91 Å². The van der Waals surface area contributed by atoms with Crippen LogP contribution in [0.3, 0.4) is 0 Å². The zero-order valence-corrected chi connectivity index (χ0v) is 70.4. The first-order chi connectivity index (χ1) is 53.7. The highest BCUT2D eigenvalue weighted by Gasteiger charge is 2.46. The lowest BCUT2D eigenvalue weighted by molar-refractivity contribution is -0.282. The number of aliphatic hydroxyl groups excluding tert-OH is 10. The minimum Gasteiger partial charge on any atom is -0.756 e. The number of carbonyl (C=O) groups excluding carboxylic acids is 1. The quantitative estimate of drug-likeness (QED) is 0.0296. The first kappa shape index (κ1) is 108. The summed E-state index contributed by atoms with van der Waals surface area (Å²) in [5, 5.41) is 102. The monoisotopic (exact) mass is 1730 g/mol. The van der Waals surface area contributed by atoms with Crippen LogP contribution in [0.15, 0.2) is 0 Å². The Kier molecular flexibility index (Phi) is 59.5. The molecule has 3 saturated heterocycles. The third-order valence-electron chi connectivity index (χ3n) is 17.4. The fraction of sp³-hybridized carbons (Fsp3) is 0.986. The highest BCUT2D eigenvalue weighted by molar-refractivity contribution is 7.46. The van der Waals surface area contributed by atoms with E-state index in [-0.39, 0.29) is 131 Å². The van der Waals surface area contributed by atoms with Gasteiger partial charge in [-0.25, -0.2) is 0 Å². The van der Waals surface area contributed by atoms with Crippen molar-refractivity contribution in [2.24, 2.45) is 29.1 Å². The predicted molar refractivity (Wildman–Crippen MR) is 393 cm³/mol. The molecule has 0 radical (unpaired) electrons. The van der Waals surface area contributed by atoms with Crippen molar-refractivity contribution in [3.8, 4) is 0 Å². The molecular weight excluding hydrogens is 1590 g/mol. The van der Waals surface area contributed by atoms with Gasteiger partial charge < -0.3 is 169 Å². The minimum atomic E-state index is -5.15. The van der Waals surface area contributed by atoms with Crippen molar-refractivity contribution in [3.63, 3.8) is 0 Å². The van der Waals surface area contributed by atoms with Gasteiger partial charge in [0.15, 0.2) is 18.9 Å². The summed E-state index contributed by atoms with van der Waals surface area (Å²) < 4.78 is 160. The summed E-state index contributed by atoms with van der Waals surface area (Å²) in [4.78, 5) is 63.2. The molecule has 1 amide bonds. The Morgan fingerprint density at radius 3 is 0.991 bits per heavy atom. The first-order valence-electron chi connectivity index (χ1n) is 39.1. The molecule has 113 heavy (non-hydrogen) atoms. The number of nitrogens with one attached hydrogen (secondary N) is 1. The largest absolute Gasteiger partial charge is 0.756 e. The van der Waals surface area contributed by atoms with E-state index in [1.807, 2.05) is 0 Å². The second-order valence-electron chi connectivity index (χ2n) is 28.7. The van der Waals surface area contributed by atoms with Gasteiger partial charge in [0, 0.05) is 91.2 Å². The highest BCUT2D eigenvalue weighted by atomic mass is 31.2. The molecule has 44 heteroatoms. The van der Waals surface area contributed by atoms with Crippen LogP contribution in [-0.4, -0.2) is 316 Å². The molecule has 0 aromatic carbocycles. The summed E-state index contributed by atoms with van der Waals surface area (Å²) in [5.41, 5.74) is -1.56. The van der Waals surface area contributed by atoms with E-state index >= 15 is 0 Å². The number of methoxy groups -OCH3 is 1. The first-order valence-corrected chi connectivity index (χ1v) is 45.0. The molecule has 0 bridgehead atoms. The Morgan fingerprint density at radius 1 is 0.389 bits per heavy atom. The topological polar surface area (TPSA) is 577 Å². The van der Waals surface area contributed by atoms with Gasteiger partial charge in [-0.2, -0.15) is 0 Å². The van der Waals surface area contributed by atoms with Crippen molar-refractivity contribution in [1.82, 2.24) is 5.32 Å². The van der Waals surface area contributed by atoms with E-state index in [0.717, 1.165) is 5.92 Å². The number of ether oxygens (including phenoxy) is 12. The van der Waals surface area contributed by atoms with Gasteiger partial charge in [-0.15, -0.1) is 0 Å². The summed E-state index contributed by atoms with van der Waals surface area (Å²) in [5.74, 6) is -1.14. The van der Waals surface area contributed by atoms with Gasteiger partial charge in [-0.3, -0.25) is 23.1 Å². The molecule has 674 valence electrons. The van der Waals surface area contributed by atoms with Crippen LogP contribution in [-0.2, 0) is 116 Å². The standard InChI is InChI=1S/C65H129NO39P4.C4H10/c1-48-56(72)58(74)52(39-68)103-62(48)92-28-11-5-8-14-31-95-106(78,79)98-35-19-25-89-44-65(47-102-109(84,85)101-34-18-24-88-43-51(38-67)42-87-23-17-22-86-4,45-90-26-20-36-99-107(80,81)96-32-15-9-6-12-29-93-63-49(2)57(73)59(75)53(40-69)104-63)46-91-27-21-37-100-108(82,83)97-33-16-10-7-13-30-94-64-55(66-50(3)71)61(77)60(76)54(41-70)105-64;1-4(2)3/h48-49,51-64,67-70,72-77H,5-47H2,1-4H3,(H,66,71)(H,78,79)(H,80,81)(H,82,83)(H,84,85);4H,1-3H3/p-4/t48-,49-,51?,52?,53?,54?,55-,56?,57?,58-,59-,60-,61?,62+,63+,64+,65?;/m0./s1. The molecule has 0 spiro atoms. The number of rotatable bonds is 69. The maximum absolute atomic E-state index is 13.4. The number of phosphoric ester groups is 4. The van der Waals surface area contributed by atoms with Gasteiger partial charge in [-0.05, 0) is 76.5 Å². The fourth-order valence-electron chi connectivity index (χ4n) is 11.0. The summed E-state index contributed by atoms with van der Waals surface area (Å²) >= 11 is 0. The van der Waals surface area contributed by atoms with Crippen LogP contribution in [0.5, 0.6) is 0 Å². The van der Waals surface area contributed by atoms with Crippen LogP contribution >= 0.6 is 31.3 Å². The Morgan fingerprint density at radius 2 is 0.673 bits per heavy atom. The van der Waals surface area contributed by atoms with Crippen molar-refractivity contribution in [2.45, 2.75) is 231 Å². The normalized spacial score (nSPS) is 27.2. The zero-order chi connectivity index (χ0) is 84.1. The van der Waals surface area contributed by atoms with Crippen LogP contribution in [0, 0.1) is 29.1 Å². The SMILES string of the molecule is CC(C)C.COCCCOCC(CO)COCCCOP(=O)([O-])OCC(COCCCOP(=O)([O-])OCCCCCCO[C@@H]1OC(CO)[C@H](O)C(O)[C@@H]1C)(COCCCOP(=O)([O-])OCCCCCCO[C@@H]1OC(CO)[C@H](O)C(O)[C@@H]1C)COCCCOP(=O)([O-])OCCCCCCO[C@@H]1OC(CO)[C@H](O)C(O)[C@@H]1NC(C)=O. The molecule has 0 saturated carbocycles. The van der Waals surface area contributed by atoms with Crippen LogP contribution in [0.2, 0.25) is 0 Å². The average molecular weight is 1730 g/mol. The number of hydrogen-bond acceptors (Lipinski definition) is 39. The van der Waals surface area contributed by atoms with E-state index in [2.05, 4.69) is 26.1 Å². The van der Waals surface area contributed by atoms with E-state index in [9.17, 15) is 93.7 Å². The van der Waals surface area contributed by atoms with Crippen molar-refractivity contribution < 1.29 is 187 Å². The summed E-state index contributed by atoms with van der Waals surface area (Å²) in [6.45, 7) is 6.25. The third kappa shape index (κ3) is 49.1. The lowest BCUT2D eigenvalue weighted by Crippen LogP contribution is -2.64. The van der Waals surface area contributed by atoms with Crippen molar-refractivity contribution in [2.75, 3.05) is 179 Å².